The maximum absolute atomic E-state index is 12.8. The second kappa shape index (κ2) is 5.47. The standard InChI is InChI=1S/C16H20N2O3/c1-10-6-7-12(9-17-10)15(19)18-13-5-3-2-4-11(13)8-14(18)16(20)21/h6-7,9,11,13-14H,2-5,8H2,1H3,(H,20,21)/t11-,13-,14+/m1/s1. The fraction of sp³-hybridized carbons (Fsp3) is 0.562. The van der Waals surface area contributed by atoms with E-state index in [2.05, 4.69) is 4.98 Å². The van der Waals surface area contributed by atoms with Crippen molar-refractivity contribution in [3.63, 3.8) is 0 Å². The van der Waals surface area contributed by atoms with Crippen LogP contribution in [0.3, 0.4) is 0 Å². The van der Waals surface area contributed by atoms with Gasteiger partial charge in [0, 0.05) is 17.9 Å². The van der Waals surface area contributed by atoms with Gasteiger partial charge in [-0.2, -0.15) is 0 Å². The molecule has 2 aliphatic rings. The number of nitrogens with zero attached hydrogens (tertiary/aromatic N) is 2. The molecule has 1 saturated carbocycles. The molecule has 1 aliphatic heterocycles. The van der Waals surface area contributed by atoms with Crippen molar-refractivity contribution in [1.82, 2.24) is 9.88 Å². The average Bonchev–Trinajstić information content (AvgIpc) is 2.87. The van der Waals surface area contributed by atoms with E-state index in [1.54, 1.807) is 23.2 Å². The monoisotopic (exact) mass is 288 g/mol. The molecule has 1 amide bonds. The molecular formula is C16H20N2O3. The zero-order valence-corrected chi connectivity index (χ0v) is 12.2. The van der Waals surface area contributed by atoms with Crippen LogP contribution in [0.1, 0.15) is 48.2 Å². The summed E-state index contributed by atoms with van der Waals surface area (Å²) in [4.78, 5) is 30.0. The van der Waals surface area contributed by atoms with Crippen LogP contribution >= 0.6 is 0 Å². The predicted molar refractivity (Wildman–Crippen MR) is 76.9 cm³/mol. The number of aliphatic carboxylic acids is 1. The van der Waals surface area contributed by atoms with E-state index in [-0.39, 0.29) is 11.9 Å². The molecule has 2 fully saturated rings. The third-order valence-electron chi connectivity index (χ3n) is 4.77. The van der Waals surface area contributed by atoms with Crippen LogP contribution in [-0.2, 0) is 4.79 Å². The Bertz CT molecular complexity index is 555. The van der Waals surface area contributed by atoms with Gasteiger partial charge in [-0.3, -0.25) is 9.78 Å². The Morgan fingerprint density at radius 1 is 1.29 bits per heavy atom. The molecular weight excluding hydrogens is 268 g/mol. The van der Waals surface area contributed by atoms with Gasteiger partial charge in [-0.25, -0.2) is 4.79 Å². The molecule has 1 aromatic heterocycles. The first-order valence-electron chi connectivity index (χ1n) is 7.56. The van der Waals surface area contributed by atoms with Gasteiger partial charge in [0.15, 0.2) is 0 Å². The molecule has 1 saturated heterocycles. The highest BCUT2D eigenvalue weighted by atomic mass is 16.4. The number of carboxylic acids is 1. The minimum atomic E-state index is -0.891. The summed E-state index contributed by atoms with van der Waals surface area (Å²) >= 11 is 0. The fourth-order valence-corrected chi connectivity index (χ4v) is 3.72. The highest BCUT2D eigenvalue weighted by molar-refractivity contribution is 5.97. The first kappa shape index (κ1) is 14.0. The first-order chi connectivity index (χ1) is 10.1. The molecule has 112 valence electrons. The van der Waals surface area contributed by atoms with Crippen molar-refractivity contribution < 1.29 is 14.7 Å². The van der Waals surface area contributed by atoms with Gasteiger partial charge < -0.3 is 10.0 Å². The lowest BCUT2D eigenvalue weighted by molar-refractivity contribution is -0.141. The number of carbonyl (C=O) groups is 2. The van der Waals surface area contributed by atoms with Crippen molar-refractivity contribution in [1.29, 1.82) is 0 Å². The minimum absolute atomic E-state index is 0.0775. The highest BCUT2D eigenvalue weighted by Gasteiger charge is 2.47. The molecule has 1 aromatic rings. The lowest BCUT2D eigenvalue weighted by atomic mass is 9.84. The van der Waals surface area contributed by atoms with E-state index in [9.17, 15) is 14.7 Å². The van der Waals surface area contributed by atoms with Crippen LogP contribution in [0.15, 0.2) is 18.3 Å². The van der Waals surface area contributed by atoms with Gasteiger partial charge in [0.2, 0.25) is 0 Å². The fourth-order valence-electron chi connectivity index (χ4n) is 3.72. The quantitative estimate of drug-likeness (QED) is 0.906. The summed E-state index contributed by atoms with van der Waals surface area (Å²) in [6, 6.07) is 2.91. The van der Waals surface area contributed by atoms with E-state index in [1.165, 1.54) is 0 Å². The van der Waals surface area contributed by atoms with Crippen molar-refractivity contribution in [2.45, 2.75) is 51.1 Å². The van der Waals surface area contributed by atoms with E-state index < -0.39 is 12.0 Å². The molecule has 0 unspecified atom stereocenters. The number of carbonyl (C=O) groups excluding carboxylic acids is 1. The van der Waals surface area contributed by atoms with Gasteiger partial charge in [-0.1, -0.05) is 12.8 Å². The Labute approximate surface area is 124 Å². The Morgan fingerprint density at radius 2 is 2.05 bits per heavy atom. The van der Waals surface area contributed by atoms with Crippen molar-refractivity contribution in [3.05, 3.63) is 29.6 Å². The van der Waals surface area contributed by atoms with Crippen LogP contribution in [0.5, 0.6) is 0 Å². The smallest absolute Gasteiger partial charge is 0.326 e. The largest absolute Gasteiger partial charge is 0.480 e. The van der Waals surface area contributed by atoms with E-state index in [0.29, 0.717) is 17.9 Å². The number of pyridine rings is 1. The van der Waals surface area contributed by atoms with E-state index >= 15 is 0 Å². The topological polar surface area (TPSA) is 70.5 Å². The molecule has 0 aromatic carbocycles. The van der Waals surface area contributed by atoms with E-state index in [0.717, 1.165) is 31.4 Å². The Hall–Kier alpha value is -1.91. The zero-order valence-electron chi connectivity index (χ0n) is 12.2. The number of rotatable bonds is 2. The number of aromatic nitrogens is 1. The van der Waals surface area contributed by atoms with Gasteiger partial charge in [0.05, 0.1) is 5.56 Å². The molecule has 2 heterocycles. The third kappa shape index (κ3) is 2.52. The van der Waals surface area contributed by atoms with E-state index in [1.807, 2.05) is 6.92 Å². The summed E-state index contributed by atoms with van der Waals surface area (Å²) in [6.45, 7) is 1.86. The summed E-state index contributed by atoms with van der Waals surface area (Å²) in [5.41, 5.74) is 1.33. The average molecular weight is 288 g/mol. The molecule has 5 nitrogen and oxygen atoms in total. The Kier molecular flexibility index (Phi) is 3.66. The molecule has 3 rings (SSSR count). The van der Waals surface area contributed by atoms with Gasteiger partial charge in [-0.05, 0) is 44.2 Å². The number of fused-ring (bicyclic) bond motifs is 1. The molecule has 0 bridgehead atoms. The molecule has 1 aliphatic carbocycles. The summed E-state index contributed by atoms with van der Waals surface area (Å²) in [7, 11) is 0. The van der Waals surface area contributed by atoms with Gasteiger partial charge >= 0.3 is 5.97 Å². The summed E-state index contributed by atoms with van der Waals surface area (Å²) in [5, 5.41) is 9.46. The van der Waals surface area contributed by atoms with Crippen molar-refractivity contribution in [2.75, 3.05) is 0 Å². The zero-order chi connectivity index (χ0) is 15.0. The summed E-state index contributed by atoms with van der Waals surface area (Å²) in [5.74, 6) is -0.746. The summed E-state index contributed by atoms with van der Waals surface area (Å²) < 4.78 is 0. The van der Waals surface area contributed by atoms with Crippen LogP contribution in [0.25, 0.3) is 0 Å². The maximum Gasteiger partial charge on any atom is 0.326 e. The second-order valence-electron chi connectivity index (χ2n) is 6.10. The van der Waals surface area contributed by atoms with Gasteiger partial charge in [0.1, 0.15) is 6.04 Å². The maximum atomic E-state index is 12.8. The highest BCUT2D eigenvalue weighted by Crippen LogP contribution is 2.40. The summed E-state index contributed by atoms with van der Waals surface area (Å²) in [6.07, 6.45) is 6.30. The number of amides is 1. The number of likely N-dealkylation sites (tertiary alicyclic amines) is 1. The predicted octanol–water partition coefficient (Wildman–Crippen LogP) is 2.25. The SMILES string of the molecule is Cc1ccc(C(=O)N2[C@@H]3CCCC[C@@H]3C[C@H]2C(=O)O)cn1. The number of carboxylic acid groups (broad SMARTS) is 1. The van der Waals surface area contributed by atoms with E-state index in [4.69, 9.17) is 0 Å². The van der Waals surface area contributed by atoms with Crippen molar-refractivity contribution >= 4 is 11.9 Å². The number of aryl methyl sites for hydroxylation is 1. The lowest BCUT2D eigenvalue weighted by Gasteiger charge is -2.33. The van der Waals surface area contributed by atoms with Crippen LogP contribution < -0.4 is 0 Å². The second-order valence-corrected chi connectivity index (χ2v) is 6.10. The molecule has 0 radical (unpaired) electrons. The van der Waals surface area contributed by atoms with Crippen molar-refractivity contribution in [3.8, 4) is 0 Å². The molecule has 5 heteroatoms. The van der Waals surface area contributed by atoms with Crippen LogP contribution in [0.4, 0.5) is 0 Å². The molecule has 21 heavy (non-hydrogen) atoms. The van der Waals surface area contributed by atoms with Gasteiger partial charge in [-0.15, -0.1) is 0 Å². The Morgan fingerprint density at radius 3 is 2.71 bits per heavy atom. The normalized spacial score (nSPS) is 28.2. The number of hydrogen-bond donors (Lipinski definition) is 1. The third-order valence-corrected chi connectivity index (χ3v) is 4.77. The van der Waals surface area contributed by atoms with Crippen LogP contribution in [0, 0.1) is 12.8 Å². The van der Waals surface area contributed by atoms with Gasteiger partial charge in [0.25, 0.3) is 5.91 Å². The molecule has 1 N–H and O–H groups in total. The van der Waals surface area contributed by atoms with Crippen LogP contribution in [-0.4, -0.2) is 39.0 Å². The lowest BCUT2D eigenvalue weighted by Crippen LogP contribution is -2.46. The minimum Gasteiger partial charge on any atom is -0.480 e. The molecule has 0 spiro atoms. The number of hydrogen-bond acceptors (Lipinski definition) is 3. The van der Waals surface area contributed by atoms with Crippen molar-refractivity contribution in [2.24, 2.45) is 5.92 Å². The Balaban J connectivity index is 1.90. The molecule has 3 atom stereocenters. The first-order valence-corrected chi connectivity index (χ1v) is 7.56. The van der Waals surface area contributed by atoms with Crippen LogP contribution in [0.2, 0.25) is 0 Å².